The lowest BCUT2D eigenvalue weighted by atomic mass is 9.76. The van der Waals surface area contributed by atoms with Gasteiger partial charge in [0.25, 0.3) is 5.91 Å². The van der Waals surface area contributed by atoms with E-state index in [-0.39, 0.29) is 17.1 Å². The van der Waals surface area contributed by atoms with Crippen LogP contribution in [0.5, 0.6) is 0 Å². The van der Waals surface area contributed by atoms with Crippen molar-refractivity contribution in [2.45, 2.75) is 51.6 Å². The second-order valence-corrected chi connectivity index (χ2v) is 10.8. The molecular weight excluding hydrogens is 442 g/mol. The third-order valence-electron chi connectivity index (χ3n) is 7.14. The Hall–Kier alpha value is -2.68. The zero-order valence-electron chi connectivity index (χ0n) is 21.4. The van der Waals surface area contributed by atoms with E-state index in [0.717, 1.165) is 55.5 Å². The number of imidazole rings is 1. The van der Waals surface area contributed by atoms with E-state index >= 15 is 0 Å². The third-order valence-corrected chi connectivity index (χ3v) is 7.14. The zero-order valence-corrected chi connectivity index (χ0v) is 21.4. The summed E-state index contributed by atoms with van der Waals surface area (Å²) in [6.07, 6.45) is 8.46. The molecular formula is C27H39N5O3. The summed E-state index contributed by atoms with van der Waals surface area (Å²) < 4.78 is 12.3. The summed E-state index contributed by atoms with van der Waals surface area (Å²) in [6, 6.07) is 6.31. The maximum Gasteiger partial charge on any atom is 0.291 e. The fourth-order valence-electron chi connectivity index (χ4n) is 4.80. The van der Waals surface area contributed by atoms with Crippen LogP contribution in [0.25, 0.3) is 5.57 Å². The van der Waals surface area contributed by atoms with E-state index in [1.54, 1.807) is 0 Å². The Morgan fingerprint density at radius 3 is 2.66 bits per heavy atom. The lowest BCUT2D eigenvalue weighted by molar-refractivity contribution is -0.118. The van der Waals surface area contributed by atoms with Crippen LogP contribution in [-0.2, 0) is 15.1 Å². The molecule has 0 bridgehead atoms. The number of aromatic nitrogens is 2. The molecule has 2 heterocycles. The number of nitrogens with zero attached hydrogens (tertiary/aromatic N) is 2. The van der Waals surface area contributed by atoms with Crippen LogP contribution in [-0.4, -0.2) is 61.2 Å². The summed E-state index contributed by atoms with van der Waals surface area (Å²) in [7, 11) is 4.11. The average Bonchev–Trinajstić information content (AvgIpc) is 3.26. The zero-order chi connectivity index (χ0) is 25.1. The summed E-state index contributed by atoms with van der Waals surface area (Å²) >= 11 is 0. The van der Waals surface area contributed by atoms with Gasteiger partial charge in [0.1, 0.15) is 5.82 Å². The molecule has 190 valence electrons. The van der Waals surface area contributed by atoms with Gasteiger partial charge in [-0.2, -0.15) is 0 Å². The summed E-state index contributed by atoms with van der Waals surface area (Å²) in [5.41, 5.74) is 9.84. The van der Waals surface area contributed by atoms with Crippen LogP contribution in [0.4, 0.5) is 11.5 Å². The Kier molecular flexibility index (Phi) is 7.64. The highest BCUT2D eigenvalue weighted by Crippen LogP contribution is 2.43. The average molecular weight is 482 g/mol. The molecule has 1 aliphatic carbocycles. The van der Waals surface area contributed by atoms with Crippen LogP contribution < -0.4 is 11.1 Å². The number of hydrogen-bond donors (Lipinski definition) is 3. The minimum absolute atomic E-state index is 0.198. The van der Waals surface area contributed by atoms with Crippen LogP contribution >= 0.6 is 0 Å². The first-order valence-corrected chi connectivity index (χ1v) is 12.5. The maximum absolute atomic E-state index is 12.9. The molecule has 1 fully saturated rings. The SMILES string of the molecule is CN(C)CCOC1(c2ccc(NC(=O)c3ncc(N)[nH]3)c(C3=CCC(C)(C)CC3)c2)CCOCC1. The van der Waals surface area contributed by atoms with Gasteiger partial charge < -0.3 is 30.4 Å². The topological polar surface area (TPSA) is 106 Å². The van der Waals surface area contributed by atoms with Crippen molar-refractivity contribution in [3.8, 4) is 0 Å². The molecule has 0 atom stereocenters. The Morgan fingerprint density at radius 1 is 1.26 bits per heavy atom. The van der Waals surface area contributed by atoms with E-state index in [1.165, 1.54) is 11.8 Å². The Labute approximate surface area is 208 Å². The number of ether oxygens (including phenoxy) is 2. The second-order valence-electron chi connectivity index (χ2n) is 10.8. The number of rotatable bonds is 8. The lowest BCUT2D eigenvalue weighted by Gasteiger charge is -2.38. The van der Waals surface area contributed by atoms with Gasteiger partial charge in [0.15, 0.2) is 5.82 Å². The van der Waals surface area contributed by atoms with Crippen molar-refractivity contribution in [3.63, 3.8) is 0 Å². The minimum atomic E-state index is -0.393. The van der Waals surface area contributed by atoms with E-state index in [4.69, 9.17) is 15.2 Å². The Bertz CT molecular complexity index is 1070. The lowest BCUT2D eigenvalue weighted by Crippen LogP contribution is -2.38. The highest BCUT2D eigenvalue weighted by molar-refractivity contribution is 6.03. The van der Waals surface area contributed by atoms with Crippen LogP contribution in [0.1, 0.15) is 67.7 Å². The van der Waals surface area contributed by atoms with Gasteiger partial charge in [-0.1, -0.05) is 26.0 Å². The first-order valence-electron chi connectivity index (χ1n) is 12.5. The number of carbonyl (C=O) groups is 1. The number of carbonyl (C=O) groups excluding carboxylic acids is 1. The number of aromatic amines is 1. The normalized spacial score (nSPS) is 19.4. The van der Waals surface area contributed by atoms with Crippen molar-refractivity contribution < 1.29 is 14.3 Å². The third kappa shape index (κ3) is 6.12. The molecule has 0 radical (unpaired) electrons. The van der Waals surface area contributed by atoms with E-state index in [9.17, 15) is 4.79 Å². The molecule has 1 saturated heterocycles. The van der Waals surface area contributed by atoms with Gasteiger partial charge in [-0.3, -0.25) is 4.79 Å². The van der Waals surface area contributed by atoms with Crippen LogP contribution in [0.3, 0.4) is 0 Å². The number of allylic oxidation sites excluding steroid dienone is 2. The molecule has 8 nitrogen and oxygen atoms in total. The van der Waals surface area contributed by atoms with Gasteiger partial charge in [-0.15, -0.1) is 0 Å². The number of benzene rings is 1. The molecule has 0 unspecified atom stereocenters. The number of likely N-dealkylation sites (N-methyl/N-ethyl adjacent to an activating group) is 1. The number of nitrogens with one attached hydrogen (secondary N) is 2. The monoisotopic (exact) mass is 481 g/mol. The van der Waals surface area contributed by atoms with E-state index < -0.39 is 5.60 Å². The first kappa shape index (κ1) is 25.4. The van der Waals surface area contributed by atoms with Gasteiger partial charge in [0, 0.05) is 43.9 Å². The van der Waals surface area contributed by atoms with Crippen molar-refractivity contribution in [2.75, 3.05) is 51.5 Å². The number of hydrogen-bond acceptors (Lipinski definition) is 6. The molecule has 1 aliphatic heterocycles. The van der Waals surface area contributed by atoms with Gasteiger partial charge in [-0.25, -0.2) is 4.98 Å². The molecule has 4 rings (SSSR count). The van der Waals surface area contributed by atoms with Crippen molar-refractivity contribution in [2.24, 2.45) is 5.41 Å². The molecule has 1 aromatic heterocycles. The fourth-order valence-corrected chi connectivity index (χ4v) is 4.80. The Morgan fingerprint density at radius 2 is 2.03 bits per heavy atom. The molecule has 8 heteroatoms. The highest BCUT2D eigenvalue weighted by atomic mass is 16.5. The summed E-state index contributed by atoms with van der Waals surface area (Å²) in [6.45, 7) is 7.46. The largest absolute Gasteiger partial charge is 0.384 e. The van der Waals surface area contributed by atoms with Gasteiger partial charge in [0.05, 0.1) is 18.4 Å². The highest BCUT2D eigenvalue weighted by Gasteiger charge is 2.36. The molecule has 1 amide bonds. The fraction of sp³-hybridized carbons (Fsp3) is 0.556. The van der Waals surface area contributed by atoms with Gasteiger partial charge >= 0.3 is 0 Å². The van der Waals surface area contributed by atoms with Gasteiger partial charge in [0.2, 0.25) is 0 Å². The van der Waals surface area contributed by atoms with Crippen molar-refractivity contribution in [1.29, 1.82) is 0 Å². The molecule has 1 aromatic carbocycles. The van der Waals surface area contributed by atoms with Crippen molar-refractivity contribution in [1.82, 2.24) is 14.9 Å². The number of nitrogen functional groups attached to an aromatic ring is 1. The molecule has 4 N–H and O–H groups in total. The Balaban J connectivity index is 1.69. The molecule has 0 spiro atoms. The first-order chi connectivity index (χ1) is 16.7. The minimum Gasteiger partial charge on any atom is -0.384 e. The van der Waals surface area contributed by atoms with E-state index in [2.05, 4.69) is 66.3 Å². The number of nitrogens with two attached hydrogens (primary N) is 1. The predicted octanol–water partition coefficient (Wildman–Crippen LogP) is 4.42. The molecule has 2 aromatic rings. The smallest absolute Gasteiger partial charge is 0.291 e. The van der Waals surface area contributed by atoms with Crippen molar-refractivity contribution >= 4 is 23.0 Å². The summed E-state index contributed by atoms with van der Waals surface area (Å²) in [5, 5.41) is 3.06. The van der Waals surface area contributed by atoms with E-state index in [1.807, 2.05) is 6.07 Å². The second kappa shape index (κ2) is 10.5. The predicted molar refractivity (Wildman–Crippen MR) is 139 cm³/mol. The van der Waals surface area contributed by atoms with Crippen LogP contribution in [0.15, 0.2) is 30.5 Å². The van der Waals surface area contributed by atoms with Gasteiger partial charge in [-0.05, 0) is 62.0 Å². The molecule has 0 saturated carbocycles. The summed E-state index contributed by atoms with van der Waals surface area (Å²) in [5.74, 6) is 0.249. The standard InChI is InChI=1S/C27H39N5O3/c1-26(2)9-7-19(8-10-26)21-17-20(27(11-14-34-15-12-27)35-16-13-32(3)4)5-6-22(21)30-25(33)24-29-18-23(28)31-24/h5-7,17-18H,8-16,28H2,1-4H3,(H,29,31)(H,30,33). The number of amides is 1. The maximum atomic E-state index is 12.9. The quantitative estimate of drug-likeness (QED) is 0.515. The molecule has 35 heavy (non-hydrogen) atoms. The van der Waals surface area contributed by atoms with Crippen LogP contribution in [0.2, 0.25) is 0 Å². The molecule has 2 aliphatic rings. The van der Waals surface area contributed by atoms with E-state index in [0.29, 0.717) is 25.6 Å². The van der Waals surface area contributed by atoms with Crippen molar-refractivity contribution in [3.05, 3.63) is 47.4 Å². The van der Waals surface area contributed by atoms with Crippen LogP contribution in [0, 0.1) is 5.41 Å². The number of H-pyrrole nitrogens is 1. The summed E-state index contributed by atoms with van der Waals surface area (Å²) in [4.78, 5) is 21.9. The number of anilines is 2.